The Balaban J connectivity index is 1.50. The molecule has 42 heavy (non-hydrogen) atoms. The fraction of sp³-hybridized carbons (Fsp3) is 0.516. The molecule has 1 aliphatic carbocycles. The molecular weight excluding hydrogens is 536 g/mol. The highest BCUT2D eigenvalue weighted by Crippen LogP contribution is 2.34. The van der Waals surface area contributed by atoms with Gasteiger partial charge in [0, 0.05) is 19.0 Å². The summed E-state index contributed by atoms with van der Waals surface area (Å²) in [5.41, 5.74) is 6.48. The van der Waals surface area contributed by atoms with Crippen molar-refractivity contribution < 1.29 is 23.9 Å². The topological polar surface area (TPSA) is 133 Å². The Labute approximate surface area is 246 Å². The van der Waals surface area contributed by atoms with E-state index in [-0.39, 0.29) is 23.7 Å². The van der Waals surface area contributed by atoms with Crippen LogP contribution in [0.4, 0.5) is 5.82 Å². The molecule has 11 heteroatoms. The molecule has 3 heterocycles. The molecular formula is C31H40N6O5. The molecule has 2 aliphatic heterocycles. The minimum absolute atomic E-state index is 0.0101. The average Bonchev–Trinajstić information content (AvgIpc) is 3.81. The third-order valence-corrected chi connectivity index (χ3v) is 8.07. The number of anilines is 1. The normalized spacial score (nSPS) is 26.6. The second-order valence-corrected chi connectivity index (χ2v) is 12.4. The van der Waals surface area contributed by atoms with Crippen LogP contribution in [-0.4, -0.2) is 65.5 Å². The van der Waals surface area contributed by atoms with Crippen LogP contribution in [0.25, 0.3) is 17.0 Å². The van der Waals surface area contributed by atoms with Crippen molar-refractivity contribution in [1.29, 1.82) is 0 Å². The number of esters is 1. The molecule has 1 saturated heterocycles. The molecule has 3 aliphatic rings. The Morgan fingerprint density at radius 3 is 2.48 bits per heavy atom. The van der Waals surface area contributed by atoms with Crippen LogP contribution in [0.15, 0.2) is 36.4 Å². The molecule has 2 fully saturated rings. The fourth-order valence-corrected chi connectivity index (χ4v) is 5.19. The number of pyridine rings is 1. The summed E-state index contributed by atoms with van der Waals surface area (Å²) in [4.78, 5) is 58.5. The molecule has 1 aromatic carbocycles. The van der Waals surface area contributed by atoms with Gasteiger partial charge in [0.1, 0.15) is 17.9 Å². The summed E-state index contributed by atoms with van der Waals surface area (Å²) in [7, 11) is 1.72. The number of hydrazine groups is 2. The number of cyclic esters (lactones) is 1. The summed E-state index contributed by atoms with van der Waals surface area (Å²) in [5.74, 6) is -1.41. The van der Waals surface area contributed by atoms with Gasteiger partial charge in [-0.1, -0.05) is 38.1 Å². The largest absolute Gasteiger partial charge is 0.451 e. The first kappa shape index (κ1) is 29.5. The van der Waals surface area contributed by atoms with Crippen molar-refractivity contribution in [2.24, 2.45) is 17.3 Å². The van der Waals surface area contributed by atoms with Gasteiger partial charge in [0.25, 0.3) is 17.7 Å². The first-order valence-electron chi connectivity index (χ1n) is 14.7. The summed E-state index contributed by atoms with van der Waals surface area (Å²) in [5, 5.41) is 6.82. The van der Waals surface area contributed by atoms with E-state index in [1.165, 1.54) is 5.01 Å². The first-order chi connectivity index (χ1) is 19.9. The summed E-state index contributed by atoms with van der Waals surface area (Å²) >= 11 is 0. The highest BCUT2D eigenvalue weighted by Gasteiger charge is 2.43. The molecule has 1 aromatic heterocycles. The van der Waals surface area contributed by atoms with E-state index in [0.717, 1.165) is 29.3 Å². The Hall–Kier alpha value is -3.99. The van der Waals surface area contributed by atoms with Crippen molar-refractivity contribution in [3.63, 3.8) is 0 Å². The van der Waals surface area contributed by atoms with Crippen LogP contribution in [0.1, 0.15) is 58.9 Å². The molecule has 3 N–H and O–H groups in total. The average molecular weight is 577 g/mol. The second kappa shape index (κ2) is 11.7. The van der Waals surface area contributed by atoms with E-state index in [2.05, 4.69) is 16.2 Å². The SMILES string of the molecule is CC(C)C1OC(=O)C(C)(C)/C=C/c2ccc3ccc(nc3c2)N(C)NC(=O)C2CCCN(N2)C(=O)C(C2CC2)NC1=O. The molecule has 1 saturated carbocycles. The highest BCUT2D eigenvalue weighted by atomic mass is 16.5. The predicted octanol–water partition coefficient (Wildman–Crippen LogP) is 2.71. The zero-order chi connectivity index (χ0) is 30.2. The minimum Gasteiger partial charge on any atom is -0.451 e. The van der Waals surface area contributed by atoms with E-state index in [0.29, 0.717) is 25.2 Å². The van der Waals surface area contributed by atoms with Gasteiger partial charge >= 0.3 is 5.97 Å². The molecule has 0 spiro atoms. The van der Waals surface area contributed by atoms with Gasteiger partial charge in [-0.3, -0.25) is 34.6 Å². The lowest BCUT2D eigenvalue weighted by Gasteiger charge is -2.36. The number of rotatable bonds is 2. The smallest absolute Gasteiger partial charge is 0.316 e. The maximum atomic E-state index is 13.7. The zero-order valence-corrected chi connectivity index (χ0v) is 24.8. The Morgan fingerprint density at radius 1 is 1.02 bits per heavy atom. The molecule has 3 atom stereocenters. The van der Waals surface area contributed by atoms with E-state index in [1.807, 2.05) is 36.4 Å². The molecule has 11 nitrogen and oxygen atoms in total. The van der Waals surface area contributed by atoms with Gasteiger partial charge in [0.2, 0.25) is 0 Å². The quantitative estimate of drug-likeness (QED) is 0.465. The number of benzene rings is 1. The van der Waals surface area contributed by atoms with Crippen LogP contribution in [0, 0.1) is 17.3 Å². The van der Waals surface area contributed by atoms with Crippen molar-refractivity contribution in [2.75, 3.05) is 18.6 Å². The van der Waals surface area contributed by atoms with Gasteiger partial charge in [-0.25, -0.2) is 10.4 Å². The number of carbonyl (C=O) groups is 4. The summed E-state index contributed by atoms with van der Waals surface area (Å²) in [6, 6.07) is 8.12. The lowest BCUT2D eigenvalue weighted by molar-refractivity contribution is -0.165. The molecule has 224 valence electrons. The summed E-state index contributed by atoms with van der Waals surface area (Å²) in [6.07, 6.45) is 5.29. The van der Waals surface area contributed by atoms with Crippen molar-refractivity contribution in [3.8, 4) is 0 Å². The van der Waals surface area contributed by atoms with Crippen LogP contribution in [0.5, 0.6) is 0 Å². The van der Waals surface area contributed by atoms with E-state index < -0.39 is 35.5 Å². The van der Waals surface area contributed by atoms with Gasteiger partial charge in [0.05, 0.1) is 10.9 Å². The van der Waals surface area contributed by atoms with E-state index >= 15 is 0 Å². The third-order valence-electron chi connectivity index (χ3n) is 8.07. The molecule has 2 aromatic rings. The van der Waals surface area contributed by atoms with Crippen LogP contribution in [-0.2, 0) is 23.9 Å². The van der Waals surface area contributed by atoms with E-state index in [4.69, 9.17) is 9.72 Å². The van der Waals surface area contributed by atoms with Gasteiger partial charge in [-0.15, -0.1) is 0 Å². The second-order valence-electron chi connectivity index (χ2n) is 12.4. The molecule has 3 unspecified atom stereocenters. The van der Waals surface area contributed by atoms with Crippen LogP contribution >= 0.6 is 0 Å². The number of fused-ring (bicyclic) bond motifs is 4. The number of aromatic nitrogens is 1. The standard InChI is InChI=1S/C31H40N6O5/c1-18(2)26-28(39)33-25(21-10-11-21)29(40)37-16-6-7-22(34-37)27(38)35-36(5)24-13-12-20-9-8-19(17-23(20)32-24)14-15-31(3,4)30(41)42-26/h8-9,12-15,17-18,21-22,25-26,34H,6-7,10-11,16H2,1-5H3,(H,33,39)(H,35,38)/b15-14+. The van der Waals surface area contributed by atoms with Gasteiger partial charge < -0.3 is 10.1 Å². The van der Waals surface area contributed by atoms with Gasteiger partial charge in [-0.2, -0.15) is 0 Å². The molecule has 5 rings (SSSR count). The van der Waals surface area contributed by atoms with E-state index in [9.17, 15) is 19.2 Å². The lowest BCUT2D eigenvalue weighted by atomic mass is 9.92. The van der Waals surface area contributed by atoms with Crippen molar-refractivity contribution in [1.82, 2.24) is 26.2 Å². The number of amides is 3. The summed E-state index contributed by atoms with van der Waals surface area (Å²) in [6.45, 7) is 7.49. The number of nitrogens with zero attached hydrogens (tertiary/aromatic N) is 3. The van der Waals surface area contributed by atoms with E-state index in [1.54, 1.807) is 45.8 Å². The summed E-state index contributed by atoms with van der Waals surface area (Å²) < 4.78 is 5.79. The van der Waals surface area contributed by atoms with Crippen molar-refractivity contribution in [2.45, 2.75) is 71.6 Å². The third kappa shape index (κ3) is 6.41. The number of ether oxygens (including phenoxy) is 1. The minimum atomic E-state index is -1.07. The monoisotopic (exact) mass is 576 g/mol. The highest BCUT2D eigenvalue weighted by molar-refractivity contribution is 5.92. The molecule has 3 amide bonds. The van der Waals surface area contributed by atoms with Crippen molar-refractivity contribution >= 4 is 46.5 Å². The number of hydrogen-bond acceptors (Lipinski definition) is 8. The van der Waals surface area contributed by atoms with Gasteiger partial charge in [-0.05, 0) is 75.1 Å². The molecule has 0 radical (unpaired) electrons. The number of nitrogens with one attached hydrogen (secondary N) is 3. The maximum absolute atomic E-state index is 13.7. The first-order valence-corrected chi connectivity index (χ1v) is 14.7. The van der Waals surface area contributed by atoms with Crippen LogP contribution < -0.4 is 21.2 Å². The number of carbonyl (C=O) groups excluding carboxylic acids is 4. The Morgan fingerprint density at radius 2 is 1.76 bits per heavy atom. The lowest BCUT2D eigenvalue weighted by Crippen LogP contribution is -2.63. The predicted molar refractivity (Wildman–Crippen MR) is 158 cm³/mol. The Kier molecular flexibility index (Phi) is 8.23. The van der Waals surface area contributed by atoms with Crippen molar-refractivity contribution in [3.05, 3.63) is 42.0 Å². The molecule has 5 bridgehead atoms. The number of hydrogen-bond donors (Lipinski definition) is 3. The fourth-order valence-electron chi connectivity index (χ4n) is 5.19. The zero-order valence-electron chi connectivity index (χ0n) is 24.8. The van der Waals surface area contributed by atoms with Crippen LogP contribution in [0.2, 0.25) is 0 Å². The Bertz CT molecular complexity index is 1420. The maximum Gasteiger partial charge on any atom is 0.316 e. The van der Waals surface area contributed by atoms with Crippen LogP contribution in [0.3, 0.4) is 0 Å². The van der Waals surface area contributed by atoms with Gasteiger partial charge in [0.15, 0.2) is 6.10 Å².